The molecule has 6 heteroatoms. The number of nitrogens with zero attached hydrogens (tertiary/aromatic N) is 1. The lowest BCUT2D eigenvalue weighted by Crippen LogP contribution is -2.45. The second kappa shape index (κ2) is 4.94. The monoisotopic (exact) mass is 299 g/mol. The minimum atomic E-state index is -1.06. The minimum Gasteiger partial charge on any atom is -0.291 e. The first kappa shape index (κ1) is 14.0. The fraction of sp³-hybridized carbons (Fsp3) is 0.308. The summed E-state index contributed by atoms with van der Waals surface area (Å²) in [4.78, 5) is 35.9. The topological polar surface area (TPSA) is 54.5 Å². The maximum absolute atomic E-state index is 12.5. The van der Waals surface area contributed by atoms with E-state index in [0.29, 0.717) is 24.3 Å². The Morgan fingerprint density at radius 3 is 2.37 bits per heavy atom. The van der Waals surface area contributed by atoms with Gasteiger partial charge in [-0.3, -0.25) is 19.3 Å². The van der Waals surface area contributed by atoms with Gasteiger partial charge in [0.05, 0.1) is 5.02 Å². The standard InChI is InChI=1S/C13H11Cl2NO3/c1-8(18)16(7-17)13(4-5-13)12(19)10-3-2-9(14)6-11(10)15/h2-3,6-7H,4-5H2,1H3. The van der Waals surface area contributed by atoms with E-state index in [4.69, 9.17) is 23.2 Å². The Balaban J connectivity index is 2.39. The summed E-state index contributed by atoms with van der Waals surface area (Å²) in [5, 5.41) is 0.642. The zero-order chi connectivity index (χ0) is 14.2. The average Bonchev–Trinajstić information content (AvgIpc) is 3.10. The Morgan fingerprint density at radius 1 is 1.32 bits per heavy atom. The van der Waals surface area contributed by atoms with Crippen molar-refractivity contribution in [2.24, 2.45) is 0 Å². The van der Waals surface area contributed by atoms with Gasteiger partial charge in [0.2, 0.25) is 12.3 Å². The summed E-state index contributed by atoms with van der Waals surface area (Å²) in [5.41, 5.74) is -0.790. The van der Waals surface area contributed by atoms with E-state index in [-0.39, 0.29) is 16.4 Å². The highest BCUT2D eigenvalue weighted by atomic mass is 35.5. The molecule has 0 N–H and O–H groups in total. The number of imide groups is 1. The van der Waals surface area contributed by atoms with Crippen molar-refractivity contribution in [2.75, 3.05) is 0 Å². The van der Waals surface area contributed by atoms with Gasteiger partial charge in [0.25, 0.3) is 0 Å². The molecule has 0 aliphatic heterocycles. The number of carbonyl (C=O) groups excluding carboxylic acids is 3. The molecule has 4 nitrogen and oxygen atoms in total. The van der Waals surface area contributed by atoms with Crippen LogP contribution in [0.25, 0.3) is 0 Å². The maximum Gasteiger partial charge on any atom is 0.226 e. The van der Waals surface area contributed by atoms with Gasteiger partial charge in [-0.25, -0.2) is 0 Å². The van der Waals surface area contributed by atoms with Gasteiger partial charge in [0, 0.05) is 17.5 Å². The fourth-order valence-electron chi connectivity index (χ4n) is 2.10. The molecule has 0 bridgehead atoms. The van der Waals surface area contributed by atoms with Crippen LogP contribution < -0.4 is 0 Å². The summed E-state index contributed by atoms with van der Waals surface area (Å²) in [6.07, 6.45) is 1.32. The molecule has 1 fully saturated rings. The van der Waals surface area contributed by atoms with Crippen LogP contribution in [0.15, 0.2) is 18.2 Å². The van der Waals surface area contributed by atoms with E-state index in [9.17, 15) is 14.4 Å². The van der Waals surface area contributed by atoms with E-state index in [0.717, 1.165) is 4.90 Å². The maximum atomic E-state index is 12.5. The quantitative estimate of drug-likeness (QED) is 0.634. The number of Topliss-reactive ketones (excluding diaryl/α,β-unsaturated/α-hetero) is 1. The Bertz CT molecular complexity index is 567. The lowest BCUT2D eigenvalue weighted by Gasteiger charge is -2.24. The first-order valence-electron chi connectivity index (χ1n) is 5.67. The molecule has 19 heavy (non-hydrogen) atoms. The van der Waals surface area contributed by atoms with Crippen LogP contribution in [0.2, 0.25) is 10.0 Å². The lowest BCUT2D eigenvalue weighted by molar-refractivity contribution is -0.138. The van der Waals surface area contributed by atoms with E-state index in [1.807, 2.05) is 0 Å². The third kappa shape index (κ3) is 2.38. The molecule has 1 aliphatic rings. The second-order valence-corrected chi connectivity index (χ2v) is 5.32. The smallest absolute Gasteiger partial charge is 0.226 e. The van der Waals surface area contributed by atoms with Gasteiger partial charge >= 0.3 is 0 Å². The van der Waals surface area contributed by atoms with Crippen molar-refractivity contribution in [3.8, 4) is 0 Å². The SMILES string of the molecule is CC(=O)N(C=O)C1(C(=O)c2ccc(Cl)cc2Cl)CC1. The number of hydrogen-bond donors (Lipinski definition) is 0. The molecule has 0 radical (unpaired) electrons. The van der Waals surface area contributed by atoms with Crippen molar-refractivity contribution in [1.82, 2.24) is 4.90 Å². The van der Waals surface area contributed by atoms with E-state index in [2.05, 4.69) is 0 Å². The largest absolute Gasteiger partial charge is 0.291 e. The summed E-state index contributed by atoms with van der Waals surface area (Å²) in [6.45, 7) is 1.26. The highest BCUT2D eigenvalue weighted by molar-refractivity contribution is 6.37. The molecule has 0 atom stereocenters. The van der Waals surface area contributed by atoms with Gasteiger partial charge in [-0.15, -0.1) is 0 Å². The molecule has 0 saturated heterocycles. The summed E-state index contributed by atoms with van der Waals surface area (Å²) in [5.74, 6) is -0.776. The molecule has 0 heterocycles. The van der Waals surface area contributed by atoms with Crippen molar-refractivity contribution < 1.29 is 14.4 Å². The first-order chi connectivity index (χ1) is 8.92. The van der Waals surface area contributed by atoms with Gasteiger partial charge in [0.1, 0.15) is 5.54 Å². The number of halogens is 2. The molecule has 0 aromatic heterocycles. The highest BCUT2D eigenvalue weighted by Crippen LogP contribution is 2.45. The van der Waals surface area contributed by atoms with Gasteiger partial charge < -0.3 is 0 Å². The van der Waals surface area contributed by atoms with Gasteiger partial charge in [-0.05, 0) is 31.0 Å². The molecule has 1 aromatic carbocycles. The molecule has 0 unspecified atom stereocenters. The van der Waals surface area contributed by atoms with Crippen molar-refractivity contribution in [2.45, 2.75) is 25.3 Å². The zero-order valence-electron chi connectivity index (χ0n) is 10.2. The lowest BCUT2D eigenvalue weighted by atomic mass is 10.0. The highest BCUT2D eigenvalue weighted by Gasteiger charge is 2.56. The third-order valence-electron chi connectivity index (χ3n) is 3.23. The predicted octanol–water partition coefficient (Wildman–Crippen LogP) is 2.71. The van der Waals surface area contributed by atoms with E-state index in [1.54, 1.807) is 6.07 Å². The van der Waals surface area contributed by atoms with Crippen LogP contribution in [0, 0.1) is 0 Å². The van der Waals surface area contributed by atoms with Crippen LogP contribution >= 0.6 is 23.2 Å². The Hall–Kier alpha value is -1.39. The number of rotatable bonds is 4. The van der Waals surface area contributed by atoms with Crippen LogP contribution in [0.3, 0.4) is 0 Å². The van der Waals surface area contributed by atoms with Crippen molar-refractivity contribution in [3.05, 3.63) is 33.8 Å². The van der Waals surface area contributed by atoms with Crippen LogP contribution in [0.1, 0.15) is 30.1 Å². The molecular weight excluding hydrogens is 289 g/mol. The van der Waals surface area contributed by atoms with Crippen LogP contribution in [-0.2, 0) is 9.59 Å². The first-order valence-corrected chi connectivity index (χ1v) is 6.43. The number of hydrogen-bond acceptors (Lipinski definition) is 3. The van der Waals surface area contributed by atoms with Gasteiger partial charge in [-0.2, -0.15) is 0 Å². The van der Waals surface area contributed by atoms with Crippen LogP contribution in [0.4, 0.5) is 0 Å². The van der Waals surface area contributed by atoms with Crippen LogP contribution in [0.5, 0.6) is 0 Å². The van der Waals surface area contributed by atoms with Gasteiger partial charge in [-0.1, -0.05) is 23.2 Å². The predicted molar refractivity (Wildman–Crippen MR) is 71.3 cm³/mol. The van der Waals surface area contributed by atoms with Crippen molar-refractivity contribution in [1.29, 1.82) is 0 Å². The molecule has 0 spiro atoms. The molecule has 1 aliphatic carbocycles. The normalized spacial score (nSPS) is 15.7. The fourth-order valence-corrected chi connectivity index (χ4v) is 2.59. The summed E-state index contributed by atoms with van der Waals surface area (Å²) in [6, 6.07) is 4.53. The second-order valence-electron chi connectivity index (χ2n) is 4.48. The number of carbonyl (C=O) groups is 3. The summed E-state index contributed by atoms with van der Waals surface area (Å²) in [7, 11) is 0. The zero-order valence-corrected chi connectivity index (χ0v) is 11.7. The van der Waals surface area contributed by atoms with Crippen molar-refractivity contribution >= 4 is 41.3 Å². The van der Waals surface area contributed by atoms with E-state index in [1.165, 1.54) is 19.1 Å². The van der Waals surface area contributed by atoms with Crippen LogP contribution in [-0.4, -0.2) is 28.5 Å². The number of amides is 2. The van der Waals surface area contributed by atoms with E-state index < -0.39 is 11.4 Å². The molecule has 2 amide bonds. The number of ketones is 1. The third-order valence-corrected chi connectivity index (χ3v) is 3.78. The Kier molecular flexibility index (Phi) is 3.65. The Morgan fingerprint density at radius 2 is 1.95 bits per heavy atom. The summed E-state index contributed by atoms with van der Waals surface area (Å²) >= 11 is 11.8. The number of benzene rings is 1. The van der Waals surface area contributed by atoms with Gasteiger partial charge in [0.15, 0.2) is 5.78 Å². The molecule has 1 saturated carbocycles. The Labute approximate surface area is 120 Å². The average molecular weight is 300 g/mol. The molecule has 1 aromatic rings. The summed E-state index contributed by atoms with van der Waals surface area (Å²) < 4.78 is 0. The van der Waals surface area contributed by atoms with E-state index >= 15 is 0 Å². The molecule has 2 rings (SSSR count). The minimum absolute atomic E-state index is 0.221. The molecular formula is C13H11Cl2NO3. The van der Waals surface area contributed by atoms with Crippen molar-refractivity contribution in [3.63, 3.8) is 0 Å². The molecule has 100 valence electrons.